The zero-order valence-corrected chi connectivity index (χ0v) is 23.9. The average Bonchev–Trinajstić information content (AvgIpc) is 3.20. The van der Waals surface area contributed by atoms with E-state index in [-0.39, 0.29) is 29.9 Å². The van der Waals surface area contributed by atoms with Crippen LogP contribution in [-0.4, -0.2) is 47.3 Å². The first kappa shape index (κ1) is 29.0. The van der Waals surface area contributed by atoms with Crippen LogP contribution >= 0.6 is 23.5 Å². The van der Waals surface area contributed by atoms with E-state index in [1.54, 1.807) is 48.2 Å². The molecule has 0 aromatic heterocycles. The number of ether oxygens (including phenoxy) is 1. The van der Waals surface area contributed by atoms with E-state index in [4.69, 9.17) is 4.74 Å². The molecule has 0 spiro atoms. The highest BCUT2D eigenvalue weighted by Crippen LogP contribution is 2.32. The van der Waals surface area contributed by atoms with Crippen molar-refractivity contribution in [3.63, 3.8) is 0 Å². The molecule has 0 unspecified atom stereocenters. The Labute approximate surface area is 241 Å². The fourth-order valence-corrected chi connectivity index (χ4v) is 5.24. The van der Waals surface area contributed by atoms with Gasteiger partial charge in [0.2, 0.25) is 5.91 Å². The molecule has 8 nitrogen and oxygen atoms in total. The van der Waals surface area contributed by atoms with Crippen LogP contribution in [0.3, 0.4) is 0 Å². The Balaban J connectivity index is 1.31. The Morgan fingerprint density at radius 1 is 0.975 bits per heavy atom. The molecule has 1 heterocycles. The topological polar surface area (TPSA) is 105 Å². The molecular weight excluding hydrogens is 546 g/mol. The summed E-state index contributed by atoms with van der Waals surface area (Å²) in [7, 11) is 0. The summed E-state index contributed by atoms with van der Waals surface area (Å²) < 4.78 is 5.61. The van der Waals surface area contributed by atoms with Crippen LogP contribution in [0.4, 0.5) is 16.2 Å². The van der Waals surface area contributed by atoms with E-state index >= 15 is 0 Å². The molecular formula is C30H29N3O5S2. The van der Waals surface area contributed by atoms with Gasteiger partial charge in [-0.1, -0.05) is 50.2 Å². The van der Waals surface area contributed by atoms with E-state index in [0.717, 1.165) is 32.8 Å². The number of anilines is 2. The smallest absolute Gasteiger partial charge is 0.294 e. The van der Waals surface area contributed by atoms with Crippen LogP contribution in [-0.2, 0) is 14.4 Å². The van der Waals surface area contributed by atoms with Crippen LogP contribution in [0, 0.1) is 0 Å². The average molecular weight is 576 g/mol. The van der Waals surface area contributed by atoms with Gasteiger partial charge in [-0.3, -0.25) is 24.1 Å². The van der Waals surface area contributed by atoms with Gasteiger partial charge in [0.25, 0.3) is 17.1 Å². The van der Waals surface area contributed by atoms with Crippen molar-refractivity contribution in [2.75, 3.05) is 30.0 Å². The first-order valence-electron chi connectivity index (χ1n) is 12.5. The Kier molecular flexibility index (Phi) is 9.68. The monoisotopic (exact) mass is 575 g/mol. The SMILES string of the molecule is CSc1cccc(NC(=O)CN2C(=O)S/C(=C/c3ccc(OCC(=O)Nc4ccccc4C(C)C)cc3)C2=O)c1. The number of nitrogens with one attached hydrogen (secondary N) is 2. The maximum atomic E-state index is 12.8. The summed E-state index contributed by atoms with van der Waals surface area (Å²) >= 11 is 2.33. The Hall–Kier alpha value is -4.02. The minimum atomic E-state index is -0.526. The highest BCUT2D eigenvalue weighted by atomic mass is 32.2. The molecule has 0 aliphatic carbocycles. The molecule has 206 valence electrons. The Morgan fingerprint density at radius 2 is 1.73 bits per heavy atom. The number of thioether (sulfide) groups is 2. The van der Waals surface area contributed by atoms with Gasteiger partial charge in [0, 0.05) is 16.3 Å². The minimum Gasteiger partial charge on any atom is -0.484 e. The second-order valence-electron chi connectivity index (χ2n) is 9.20. The third kappa shape index (κ3) is 7.55. The Morgan fingerprint density at radius 3 is 2.45 bits per heavy atom. The van der Waals surface area contributed by atoms with Crippen LogP contribution in [0.2, 0.25) is 0 Å². The molecule has 40 heavy (non-hydrogen) atoms. The van der Waals surface area contributed by atoms with Gasteiger partial charge >= 0.3 is 0 Å². The molecule has 0 saturated carbocycles. The van der Waals surface area contributed by atoms with E-state index in [1.807, 2.05) is 48.7 Å². The number of nitrogens with zero attached hydrogens (tertiary/aromatic N) is 1. The molecule has 3 aromatic carbocycles. The van der Waals surface area contributed by atoms with E-state index in [9.17, 15) is 19.2 Å². The molecule has 0 bridgehead atoms. The summed E-state index contributed by atoms with van der Waals surface area (Å²) in [5.41, 5.74) is 3.08. The zero-order valence-electron chi connectivity index (χ0n) is 22.3. The van der Waals surface area contributed by atoms with Crippen molar-refractivity contribution in [3.05, 3.63) is 88.8 Å². The highest BCUT2D eigenvalue weighted by Gasteiger charge is 2.36. The molecule has 4 rings (SSSR count). The van der Waals surface area contributed by atoms with Gasteiger partial charge in [-0.05, 0) is 77.5 Å². The number of imide groups is 1. The van der Waals surface area contributed by atoms with E-state index < -0.39 is 17.1 Å². The van der Waals surface area contributed by atoms with Crippen molar-refractivity contribution in [3.8, 4) is 5.75 Å². The molecule has 1 aliphatic heterocycles. The summed E-state index contributed by atoms with van der Waals surface area (Å²) in [6.07, 6.45) is 3.52. The lowest BCUT2D eigenvalue weighted by Gasteiger charge is -2.14. The number of benzene rings is 3. The first-order chi connectivity index (χ1) is 19.2. The van der Waals surface area contributed by atoms with Gasteiger partial charge in [-0.2, -0.15) is 0 Å². The van der Waals surface area contributed by atoms with Crippen molar-refractivity contribution in [1.29, 1.82) is 0 Å². The van der Waals surface area contributed by atoms with Gasteiger partial charge in [-0.15, -0.1) is 11.8 Å². The highest BCUT2D eigenvalue weighted by molar-refractivity contribution is 8.18. The van der Waals surface area contributed by atoms with Crippen molar-refractivity contribution in [2.45, 2.75) is 24.7 Å². The molecule has 4 amide bonds. The standard InChI is InChI=1S/C30H29N3O5S2/c1-19(2)24-9-4-5-10-25(24)32-28(35)18-38-22-13-11-20(12-14-22)15-26-29(36)33(30(37)40-26)17-27(34)31-21-7-6-8-23(16-21)39-3/h4-16,19H,17-18H2,1-3H3,(H,31,34)(H,32,35)/b26-15+. The van der Waals surface area contributed by atoms with Crippen molar-refractivity contribution in [2.24, 2.45) is 0 Å². The largest absolute Gasteiger partial charge is 0.484 e. The van der Waals surface area contributed by atoms with Crippen LogP contribution in [0.5, 0.6) is 5.75 Å². The summed E-state index contributed by atoms with van der Waals surface area (Å²) in [5.74, 6) is -0.500. The summed E-state index contributed by atoms with van der Waals surface area (Å²) in [4.78, 5) is 52.3. The summed E-state index contributed by atoms with van der Waals surface area (Å²) in [6.45, 7) is 3.59. The zero-order chi connectivity index (χ0) is 28.6. The minimum absolute atomic E-state index is 0.158. The van der Waals surface area contributed by atoms with Crippen LogP contribution in [0.1, 0.15) is 30.9 Å². The fourth-order valence-electron chi connectivity index (χ4n) is 3.94. The third-order valence-electron chi connectivity index (χ3n) is 5.93. The fraction of sp³-hybridized carbons (Fsp3) is 0.200. The lowest BCUT2D eigenvalue weighted by atomic mass is 10.0. The number of para-hydroxylation sites is 1. The Bertz CT molecular complexity index is 1450. The number of carbonyl (C=O) groups is 4. The van der Waals surface area contributed by atoms with Crippen LogP contribution in [0.25, 0.3) is 6.08 Å². The molecule has 0 atom stereocenters. The van der Waals surface area contributed by atoms with Gasteiger partial charge in [0.05, 0.1) is 4.91 Å². The summed E-state index contributed by atoms with van der Waals surface area (Å²) in [6, 6.07) is 21.8. The lowest BCUT2D eigenvalue weighted by Crippen LogP contribution is -2.36. The first-order valence-corrected chi connectivity index (χ1v) is 14.6. The molecule has 1 saturated heterocycles. The molecule has 2 N–H and O–H groups in total. The molecule has 10 heteroatoms. The van der Waals surface area contributed by atoms with Gasteiger partial charge in [0.1, 0.15) is 12.3 Å². The maximum absolute atomic E-state index is 12.8. The van der Waals surface area contributed by atoms with Gasteiger partial charge < -0.3 is 15.4 Å². The van der Waals surface area contributed by atoms with Crippen molar-refractivity contribution < 1.29 is 23.9 Å². The molecule has 1 aliphatic rings. The van der Waals surface area contributed by atoms with Gasteiger partial charge in [-0.25, -0.2) is 0 Å². The maximum Gasteiger partial charge on any atom is 0.294 e. The number of amides is 4. The van der Waals surface area contributed by atoms with Crippen LogP contribution in [0.15, 0.2) is 82.6 Å². The summed E-state index contributed by atoms with van der Waals surface area (Å²) in [5, 5.41) is 5.11. The van der Waals surface area contributed by atoms with Crippen molar-refractivity contribution >= 4 is 63.9 Å². The van der Waals surface area contributed by atoms with E-state index in [0.29, 0.717) is 17.0 Å². The second-order valence-corrected chi connectivity index (χ2v) is 11.1. The van der Waals surface area contributed by atoms with Gasteiger partial charge in [0.15, 0.2) is 6.61 Å². The number of hydrogen-bond donors (Lipinski definition) is 2. The van der Waals surface area contributed by atoms with E-state index in [1.165, 1.54) is 0 Å². The normalized spacial score (nSPS) is 14.1. The predicted molar refractivity (Wildman–Crippen MR) is 161 cm³/mol. The number of rotatable bonds is 10. The molecule has 3 aromatic rings. The number of carbonyl (C=O) groups excluding carboxylic acids is 4. The molecule has 0 radical (unpaired) electrons. The number of hydrogen-bond acceptors (Lipinski definition) is 7. The van der Waals surface area contributed by atoms with Crippen molar-refractivity contribution in [1.82, 2.24) is 4.90 Å². The lowest BCUT2D eigenvalue weighted by molar-refractivity contribution is -0.127. The van der Waals surface area contributed by atoms with Crippen LogP contribution < -0.4 is 15.4 Å². The predicted octanol–water partition coefficient (Wildman–Crippen LogP) is 6.22. The second kappa shape index (κ2) is 13.4. The molecule has 1 fully saturated rings. The quantitative estimate of drug-likeness (QED) is 0.218. The van der Waals surface area contributed by atoms with E-state index in [2.05, 4.69) is 24.5 Å². The third-order valence-corrected chi connectivity index (χ3v) is 7.57.